The summed E-state index contributed by atoms with van der Waals surface area (Å²) in [6, 6.07) is 6.67. The summed E-state index contributed by atoms with van der Waals surface area (Å²) in [6.45, 7) is 2.43. The number of nitrogens with one attached hydrogen (secondary N) is 1. The normalized spacial score (nSPS) is 16.9. The van der Waals surface area contributed by atoms with Gasteiger partial charge < -0.3 is 25.6 Å². The number of nitrogens with zero attached hydrogens (tertiary/aromatic N) is 5. The highest BCUT2D eigenvalue weighted by Crippen LogP contribution is 2.43. The number of ether oxygens (including phenoxy) is 1. The largest absolute Gasteiger partial charge is 0.398 e. The van der Waals surface area contributed by atoms with Crippen LogP contribution < -0.4 is 20.9 Å². The van der Waals surface area contributed by atoms with Gasteiger partial charge in [0.2, 0.25) is 0 Å². The van der Waals surface area contributed by atoms with Crippen molar-refractivity contribution in [2.75, 3.05) is 55.9 Å². The van der Waals surface area contributed by atoms with E-state index in [1.807, 2.05) is 27.6 Å². The summed E-state index contributed by atoms with van der Waals surface area (Å²) in [7, 11) is 3.45. The van der Waals surface area contributed by atoms with Gasteiger partial charge in [-0.15, -0.1) is 0 Å². The van der Waals surface area contributed by atoms with Gasteiger partial charge in [-0.05, 0) is 37.1 Å². The van der Waals surface area contributed by atoms with Crippen LogP contribution in [0.1, 0.15) is 41.4 Å². The zero-order chi connectivity index (χ0) is 24.0. The number of fused-ring (bicyclic) bond motifs is 2. The summed E-state index contributed by atoms with van der Waals surface area (Å²) in [4.78, 5) is 20.9. The molecule has 0 bridgehead atoms. The maximum atomic E-state index is 13.7. The van der Waals surface area contributed by atoms with E-state index in [-0.39, 0.29) is 28.9 Å². The van der Waals surface area contributed by atoms with E-state index in [4.69, 9.17) is 15.6 Å². The Hall–Kier alpha value is -3.47. The Bertz CT molecular complexity index is 1240. The predicted molar refractivity (Wildman–Crippen MR) is 126 cm³/mol. The Labute approximate surface area is 195 Å². The number of likely N-dealkylation sites (N-methyl/N-ethyl adjacent to an activating group) is 1. The number of halogens is 2. The number of amides is 1. The number of aromatic nitrogens is 3. The second-order valence-corrected chi connectivity index (χ2v) is 8.60. The molecule has 2 aliphatic heterocycles. The molecule has 1 amide bonds. The topological polar surface area (TPSA) is 102 Å². The molecule has 180 valence electrons. The fraction of sp³-hybridized carbons (Fsp3) is 0.435. The van der Waals surface area contributed by atoms with Gasteiger partial charge in [-0.1, -0.05) is 0 Å². The minimum atomic E-state index is -2.70. The van der Waals surface area contributed by atoms with E-state index in [1.54, 1.807) is 19.2 Å². The van der Waals surface area contributed by atoms with E-state index < -0.39 is 6.43 Å². The Morgan fingerprint density at radius 1 is 1.21 bits per heavy atom. The number of hydrogen-bond acceptors (Lipinski definition) is 7. The Morgan fingerprint density at radius 2 is 1.97 bits per heavy atom. The lowest BCUT2D eigenvalue weighted by Crippen LogP contribution is -2.37. The minimum absolute atomic E-state index is 0.0556. The van der Waals surface area contributed by atoms with Crippen molar-refractivity contribution in [3.8, 4) is 0 Å². The highest BCUT2D eigenvalue weighted by Gasteiger charge is 2.30. The van der Waals surface area contributed by atoms with Crippen LogP contribution in [0.5, 0.6) is 0 Å². The molecule has 0 atom stereocenters. The number of rotatable bonds is 4. The fourth-order valence-corrected chi connectivity index (χ4v) is 4.68. The summed E-state index contributed by atoms with van der Waals surface area (Å²) < 4.78 is 34.9. The average molecular weight is 472 g/mol. The van der Waals surface area contributed by atoms with Gasteiger partial charge in [0.15, 0.2) is 5.82 Å². The lowest BCUT2D eigenvalue weighted by molar-refractivity contribution is 0.0675. The molecule has 3 aromatic rings. The molecular weight excluding hydrogens is 444 g/mol. The summed E-state index contributed by atoms with van der Waals surface area (Å²) >= 11 is 0. The van der Waals surface area contributed by atoms with E-state index in [0.717, 1.165) is 24.0 Å². The van der Waals surface area contributed by atoms with Gasteiger partial charge in [0.05, 0.1) is 22.9 Å². The first-order chi connectivity index (χ1) is 16.4. The maximum absolute atomic E-state index is 13.7. The van der Waals surface area contributed by atoms with Crippen molar-refractivity contribution >= 4 is 39.8 Å². The summed E-state index contributed by atoms with van der Waals surface area (Å²) in [5.74, 6) is 0.227. The second kappa shape index (κ2) is 8.71. The first-order valence-corrected chi connectivity index (χ1v) is 11.3. The van der Waals surface area contributed by atoms with E-state index in [9.17, 15) is 13.6 Å². The van der Waals surface area contributed by atoms with Gasteiger partial charge in [0.1, 0.15) is 11.2 Å². The Kier molecular flexibility index (Phi) is 5.72. The van der Waals surface area contributed by atoms with Crippen molar-refractivity contribution in [2.45, 2.75) is 25.3 Å². The van der Waals surface area contributed by atoms with Crippen LogP contribution in [0.25, 0.3) is 11.0 Å². The van der Waals surface area contributed by atoms with Crippen LogP contribution in [-0.2, 0) is 4.74 Å². The number of benzene rings is 1. The third-order valence-electron chi connectivity index (χ3n) is 6.56. The van der Waals surface area contributed by atoms with E-state index in [1.165, 1.54) is 6.07 Å². The number of nitrogen functional groups attached to an aromatic ring is 1. The standard InChI is InChI=1S/C23H27F2N7O2/c1-27-23(33)16-3-4-17-20(28-16)22(29-32(17)13-5-9-34-10-6-13)31-8-7-30(2)18-12-15(26)14(21(24)25)11-19(18)31/h3-4,11-13,21H,5-10,26H2,1-2H3,(H,27,33). The van der Waals surface area contributed by atoms with Crippen molar-refractivity contribution < 1.29 is 18.3 Å². The van der Waals surface area contributed by atoms with Crippen LogP contribution in [0.2, 0.25) is 0 Å². The molecule has 3 N–H and O–H groups in total. The van der Waals surface area contributed by atoms with Gasteiger partial charge in [-0.25, -0.2) is 13.8 Å². The lowest BCUT2D eigenvalue weighted by atomic mass is 10.1. The molecule has 0 spiro atoms. The van der Waals surface area contributed by atoms with Crippen LogP contribution in [0.4, 0.5) is 31.7 Å². The molecule has 11 heteroatoms. The Morgan fingerprint density at radius 3 is 2.68 bits per heavy atom. The molecule has 1 saturated heterocycles. The highest BCUT2D eigenvalue weighted by atomic mass is 19.3. The van der Waals surface area contributed by atoms with Crippen LogP contribution in [0.15, 0.2) is 24.3 Å². The second-order valence-electron chi connectivity index (χ2n) is 8.60. The van der Waals surface area contributed by atoms with Crippen LogP contribution in [-0.4, -0.2) is 61.1 Å². The van der Waals surface area contributed by atoms with E-state index >= 15 is 0 Å². The molecule has 2 aromatic heterocycles. The number of pyridine rings is 1. The van der Waals surface area contributed by atoms with Gasteiger partial charge in [-0.3, -0.25) is 9.48 Å². The first-order valence-electron chi connectivity index (χ1n) is 11.3. The number of hydrogen-bond donors (Lipinski definition) is 2. The molecule has 1 aromatic carbocycles. The predicted octanol–water partition coefficient (Wildman–Crippen LogP) is 3.25. The average Bonchev–Trinajstić information content (AvgIpc) is 3.23. The quantitative estimate of drug-likeness (QED) is 0.563. The minimum Gasteiger partial charge on any atom is -0.398 e. The Balaban J connectivity index is 1.71. The van der Waals surface area contributed by atoms with Crippen molar-refractivity contribution in [3.05, 3.63) is 35.5 Å². The van der Waals surface area contributed by atoms with Crippen LogP contribution >= 0.6 is 0 Å². The highest BCUT2D eigenvalue weighted by molar-refractivity contribution is 5.98. The molecule has 34 heavy (non-hydrogen) atoms. The monoisotopic (exact) mass is 471 g/mol. The molecule has 1 fully saturated rings. The molecule has 0 saturated carbocycles. The number of nitrogens with two attached hydrogens (primary N) is 1. The third kappa shape index (κ3) is 3.69. The number of carbonyl (C=O) groups excluding carboxylic acids is 1. The number of anilines is 4. The van der Waals surface area contributed by atoms with Gasteiger partial charge >= 0.3 is 0 Å². The smallest absolute Gasteiger partial charge is 0.269 e. The SMILES string of the molecule is CNC(=O)c1ccc2c(n1)c(N1CCN(C)c3cc(N)c(C(F)F)cc31)nn2C1CCOCC1. The van der Waals surface area contributed by atoms with E-state index in [0.29, 0.717) is 43.3 Å². The molecule has 0 aliphatic carbocycles. The van der Waals surface area contributed by atoms with Crippen LogP contribution in [0.3, 0.4) is 0 Å². The zero-order valence-electron chi connectivity index (χ0n) is 19.1. The molecule has 4 heterocycles. The van der Waals surface area contributed by atoms with Crippen molar-refractivity contribution in [2.24, 2.45) is 0 Å². The molecule has 2 aliphatic rings. The molecule has 0 unspecified atom stereocenters. The third-order valence-corrected chi connectivity index (χ3v) is 6.56. The van der Waals surface area contributed by atoms with Crippen molar-refractivity contribution in [3.63, 3.8) is 0 Å². The van der Waals surface area contributed by atoms with Crippen molar-refractivity contribution in [1.29, 1.82) is 0 Å². The van der Waals surface area contributed by atoms with E-state index in [2.05, 4.69) is 10.3 Å². The lowest BCUT2D eigenvalue weighted by Gasteiger charge is -2.36. The first kappa shape index (κ1) is 22.3. The van der Waals surface area contributed by atoms with Crippen LogP contribution in [0, 0.1) is 0 Å². The molecule has 5 rings (SSSR count). The number of carbonyl (C=O) groups is 1. The van der Waals surface area contributed by atoms with Gasteiger partial charge in [0, 0.05) is 51.6 Å². The molecular formula is C23H27F2N7O2. The van der Waals surface area contributed by atoms with Crippen molar-refractivity contribution in [1.82, 2.24) is 20.1 Å². The fourth-order valence-electron chi connectivity index (χ4n) is 4.68. The van der Waals surface area contributed by atoms with Gasteiger partial charge in [0.25, 0.3) is 12.3 Å². The maximum Gasteiger partial charge on any atom is 0.269 e. The zero-order valence-corrected chi connectivity index (χ0v) is 19.1. The number of alkyl halides is 2. The molecule has 0 radical (unpaired) electrons. The summed E-state index contributed by atoms with van der Waals surface area (Å²) in [6.07, 6.45) is -1.09. The summed E-state index contributed by atoms with van der Waals surface area (Å²) in [5.41, 5.74) is 8.72. The summed E-state index contributed by atoms with van der Waals surface area (Å²) in [5, 5.41) is 7.54. The van der Waals surface area contributed by atoms with Gasteiger partial charge in [-0.2, -0.15) is 5.10 Å². The molecule has 9 nitrogen and oxygen atoms in total.